The molecule has 0 radical (unpaired) electrons. The molecule has 0 atom stereocenters. The molecule has 0 amide bonds. The van der Waals surface area contributed by atoms with E-state index in [-0.39, 0.29) is 0 Å². The molecule has 0 saturated heterocycles. The van der Waals surface area contributed by atoms with Crippen LogP contribution < -0.4 is 0 Å². The second-order valence-corrected chi connectivity index (χ2v) is 14.2. The van der Waals surface area contributed by atoms with Crippen molar-refractivity contribution in [2.45, 2.75) is 0 Å². The van der Waals surface area contributed by atoms with Gasteiger partial charge in [0.2, 0.25) is 0 Å². The van der Waals surface area contributed by atoms with Crippen LogP contribution in [0.3, 0.4) is 0 Å². The van der Waals surface area contributed by atoms with E-state index in [4.69, 9.17) is 9.97 Å². The van der Waals surface area contributed by atoms with Crippen LogP contribution in [0.2, 0.25) is 0 Å². The molecular weight excluding hydrogens is 667 g/mol. The van der Waals surface area contributed by atoms with E-state index in [1.54, 1.807) is 0 Å². The third-order valence-electron chi connectivity index (χ3n) is 11.0. The molecule has 0 unspecified atom stereocenters. The van der Waals surface area contributed by atoms with E-state index in [9.17, 15) is 0 Å². The molecule has 55 heavy (non-hydrogen) atoms. The van der Waals surface area contributed by atoms with Crippen LogP contribution in [0.5, 0.6) is 0 Å². The molecular formula is C52H33N3. The smallest absolute Gasteiger partial charge is 0.162 e. The van der Waals surface area contributed by atoms with E-state index in [1.165, 1.54) is 59.8 Å². The number of fused-ring (bicyclic) bond motifs is 9. The first-order valence-electron chi connectivity index (χ1n) is 18.7. The molecule has 0 bridgehead atoms. The van der Waals surface area contributed by atoms with E-state index < -0.39 is 0 Å². The summed E-state index contributed by atoms with van der Waals surface area (Å²) in [6.45, 7) is 0. The first-order chi connectivity index (χ1) is 27.3. The van der Waals surface area contributed by atoms with Gasteiger partial charge in [0.25, 0.3) is 0 Å². The lowest BCUT2D eigenvalue weighted by Gasteiger charge is -2.14. The molecule has 0 aliphatic rings. The van der Waals surface area contributed by atoms with Crippen molar-refractivity contribution in [3.8, 4) is 50.7 Å². The molecule has 0 N–H and O–H groups in total. The highest BCUT2D eigenvalue weighted by molar-refractivity contribution is 6.25. The Morgan fingerprint density at radius 1 is 0.273 bits per heavy atom. The molecule has 11 aromatic rings. The zero-order valence-corrected chi connectivity index (χ0v) is 29.9. The molecule has 9 aromatic carbocycles. The predicted octanol–water partition coefficient (Wildman–Crippen LogP) is 13.7. The van der Waals surface area contributed by atoms with Crippen LogP contribution in [-0.4, -0.2) is 14.5 Å². The van der Waals surface area contributed by atoms with Crippen molar-refractivity contribution in [2.24, 2.45) is 0 Å². The Kier molecular flexibility index (Phi) is 7.17. The Labute approximate surface area is 318 Å². The second kappa shape index (κ2) is 12.6. The fourth-order valence-corrected chi connectivity index (χ4v) is 8.36. The molecule has 0 aliphatic carbocycles. The zero-order chi connectivity index (χ0) is 36.3. The monoisotopic (exact) mass is 699 g/mol. The highest BCUT2D eigenvalue weighted by atomic mass is 15.1. The molecule has 0 aliphatic heterocycles. The van der Waals surface area contributed by atoms with Crippen molar-refractivity contribution in [3.05, 3.63) is 200 Å². The first kappa shape index (κ1) is 31.2. The third-order valence-corrected chi connectivity index (χ3v) is 11.0. The first-order valence-corrected chi connectivity index (χ1v) is 18.7. The van der Waals surface area contributed by atoms with Gasteiger partial charge in [-0.15, -0.1) is 0 Å². The molecule has 2 heterocycles. The predicted molar refractivity (Wildman–Crippen MR) is 231 cm³/mol. The minimum Gasteiger partial charge on any atom is -0.294 e. The number of aromatic nitrogens is 3. The van der Waals surface area contributed by atoms with E-state index in [1.807, 2.05) is 0 Å². The Bertz CT molecular complexity index is 3140. The summed E-state index contributed by atoms with van der Waals surface area (Å²) in [5.74, 6) is 1.52. The number of para-hydroxylation sites is 2. The van der Waals surface area contributed by atoms with Gasteiger partial charge in [0, 0.05) is 28.0 Å². The minimum absolute atomic E-state index is 0.684. The SMILES string of the molecule is c1ccc(-c2ccc(-c3ccc(-c4nc(-c5ccc6c7ccccc7c7ccccc7c6c5)cc(-n5c6ccccc6c6ccccc65)n4)cc3)cc2)cc1. The summed E-state index contributed by atoms with van der Waals surface area (Å²) in [4.78, 5) is 10.6. The normalized spacial score (nSPS) is 11.6. The van der Waals surface area contributed by atoms with Crippen LogP contribution in [0.15, 0.2) is 200 Å². The van der Waals surface area contributed by atoms with Gasteiger partial charge in [-0.1, -0.05) is 176 Å². The molecule has 0 fully saturated rings. The number of benzene rings is 9. The molecule has 0 saturated carbocycles. The summed E-state index contributed by atoms with van der Waals surface area (Å²) in [7, 11) is 0. The van der Waals surface area contributed by atoms with E-state index in [0.29, 0.717) is 5.82 Å². The van der Waals surface area contributed by atoms with Crippen molar-refractivity contribution in [3.63, 3.8) is 0 Å². The second-order valence-electron chi connectivity index (χ2n) is 14.2. The van der Waals surface area contributed by atoms with Crippen molar-refractivity contribution < 1.29 is 0 Å². The Balaban J connectivity index is 1.09. The fourth-order valence-electron chi connectivity index (χ4n) is 8.36. The van der Waals surface area contributed by atoms with E-state index in [0.717, 1.165) is 39.2 Å². The largest absolute Gasteiger partial charge is 0.294 e. The minimum atomic E-state index is 0.684. The van der Waals surface area contributed by atoms with Crippen LogP contribution in [0, 0.1) is 0 Å². The third kappa shape index (κ3) is 5.20. The summed E-state index contributed by atoms with van der Waals surface area (Å²) >= 11 is 0. The summed E-state index contributed by atoms with van der Waals surface area (Å²) in [5, 5.41) is 9.88. The number of nitrogens with zero attached hydrogens (tertiary/aromatic N) is 3. The fraction of sp³-hybridized carbons (Fsp3) is 0. The molecule has 0 spiro atoms. The number of rotatable bonds is 5. The van der Waals surface area contributed by atoms with Gasteiger partial charge in [-0.25, -0.2) is 9.97 Å². The summed E-state index contributed by atoms with van der Waals surface area (Å²) in [5.41, 5.74) is 9.86. The molecule has 2 aromatic heterocycles. The molecule has 256 valence electrons. The maximum absolute atomic E-state index is 5.32. The standard InChI is InChI=1S/C52H33N3/c1-2-12-34(13-3-1)35-22-24-36(25-23-35)37-26-28-38(29-27-37)52-53-48(33-51(54-52)55-49-20-10-8-18-45(49)46-19-9-11-21-50(46)55)39-30-31-44-42-16-5-4-14-40(42)41-15-6-7-17-43(41)47(44)32-39/h1-33H. The molecule has 11 rings (SSSR count). The van der Waals surface area contributed by atoms with Crippen LogP contribution in [0.1, 0.15) is 0 Å². The summed E-state index contributed by atoms with van der Waals surface area (Å²) in [6.07, 6.45) is 0. The van der Waals surface area contributed by atoms with Crippen molar-refractivity contribution in [1.29, 1.82) is 0 Å². The summed E-state index contributed by atoms with van der Waals surface area (Å²) < 4.78 is 2.28. The van der Waals surface area contributed by atoms with E-state index >= 15 is 0 Å². The van der Waals surface area contributed by atoms with Crippen LogP contribution in [-0.2, 0) is 0 Å². The van der Waals surface area contributed by atoms with Gasteiger partial charge in [0.15, 0.2) is 5.82 Å². The quantitative estimate of drug-likeness (QED) is 0.167. The molecule has 3 nitrogen and oxygen atoms in total. The maximum Gasteiger partial charge on any atom is 0.162 e. The molecule has 3 heteroatoms. The van der Waals surface area contributed by atoms with E-state index in [2.05, 4.69) is 205 Å². The van der Waals surface area contributed by atoms with Crippen molar-refractivity contribution >= 4 is 54.1 Å². The highest BCUT2D eigenvalue weighted by Crippen LogP contribution is 2.38. The van der Waals surface area contributed by atoms with Crippen molar-refractivity contribution in [1.82, 2.24) is 14.5 Å². The Morgan fingerprint density at radius 3 is 1.22 bits per heavy atom. The van der Waals surface area contributed by atoms with Gasteiger partial charge in [-0.3, -0.25) is 4.57 Å². The number of hydrogen-bond acceptors (Lipinski definition) is 2. The van der Waals surface area contributed by atoms with Gasteiger partial charge in [0.1, 0.15) is 5.82 Å². The Hall–Kier alpha value is -7.36. The lowest BCUT2D eigenvalue weighted by Crippen LogP contribution is -2.02. The number of hydrogen-bond donors (Lipinski definition) is 0. The van der Waals surface area contributed by atoms with Gasteiger partial charge >= 0.3 is 0 Å². The lowest BCUT2D eigenvalue weighted by atomic mass is 9.93. The summed E-state index contributed by atoms with van der Waals surface area (Å²) in [6, 6.07) is 71.5. The van der Waals surface area contributed by atoms with Gasteiger partial charge in [0.05, 0.1) is 16.7 Å². The van der Waals surface area contributed by atoms with Gasteiger partial charge in [-0.05, 0) is 72.8 Å². The average Bonchev–Trinajstić information content (AvgIpc) is 3.61. The van der Waals surface area contributed by atoms with Crippen LogP contribution in [0.4, 0.5) is 0 Å². The average molecular weight is 700 g/mol. The Morgan fingerprint density at radius 2 is 0.673 bits per heavy atom. The van der Waals surface area contributed by atoms with Gasteiger partial charge < -0.3 is 0 Å². The lowest BCUT2D eigenvalue weighted by molar-refractivity contribution is 1.05. The van der Waals surface area contributed by atoms with Crippen molar-refractivity contribution in [2.75, 3.05) is 0 Å². The highest BCUT2D eigenvalue weighted by Gasteiger charge is 2.17. The maximum atomic E-state index is 5.32. The van der Waals surface area contributed by atoms with Gasteiger partial charge in [-0.2, -0.15) is 0 Å². The van der Waals surface area contributed by atoms with Crippen LogP contribution >= 0.6 is 0 Å². The van der Waals surface area contributed by atoms with Crippen LogP contribution in [0.25, 0.3) is 105 Å². The topological polar surface area (TPSA) is 30.7 Å². The zero-order valence-electron chi connectivity index (χ0n) is 29.9.